The monoisotopic (exact) mass is 339 g/mol. The van der Waals surface area contributed by atoms with Gasteiger partial charge < -0.3 is 5.32 Å². The number of carbonyl (C=O) groups is 1. The molecule has 0 aliphatic carbocycles. The molecule has 0 saturated carbocycles. The minimum atomic E-state index is -4.54. The third kappa shape index (κ3) is 4.60. The highest BCUT2D eigenvalue weighted by Crippen LogP contribution is 2.36. The smallest absolute Gasteiger partial charge is 0.359 e. The van der Waals surface area contributed by atoms with E-state index in [2.05, 4.69) is 5.32 Å². The quantitative estimate of drug-likeness (QED) is 0.584. The van der Waals surface area contributed by atoms with Gasteiger partial charge in [0, 0.05) is 23.0 Å². The number of ketones is 1. The Bertz CT molecular complexity index is 739. The zero-order valence-corrected chi connectivity index (χ0v) is 12.9. The number of hydrogen-bond acceptors (Lipinski definition) is 2. The van der Waals surface area contributed by atoms with Gasteiger partial charge >= 0.3 is 6.18 Å². The Morgan fingerprint density at radius 1 is 1.13 bits per heavy atom. The van der Waals surface area contributed by atoms with Gasteiger partial charge in [-0.1, -0.05) is 41.9 Å². The molecule has 2 nitrogen and oxygen atoms in total. The van der Waals surface area contributed by atoms with E-state index < -0.39 is 11.7 Å². The number of benzene rings is 2. The molecule has 0 saturated heterocycles. The minimum absolute atomic E-state index is 0.205. The number of alkyl halides is 3. The van der Waals surface area contributed by atoms with Crippen molar-refractivity contribution in [1.29, 1.82) is 0 Å². The maximum Gasteiger partial charge on any atom is 0.417 e. The summed E-state index contributed by atoms with van der Waals surface area (Å²) < 4.78 is 38.4. The molecule has 0 amide bonds. The molecule has 2 aromatic rings. The first-order valence-electron chi connectivity index (χ1n) is 6.69. The van der Waals surface area contributed by atoms with Crippen LogP contribution in [-0.4, -0.2) is 5.78 Å². The summed E-state index contributed by atoms with van der Waals surface area (Å²) in [6, 6.07) is 12.1. The Balaban J connectivity index is 2.19. The predicted octanol–water partition coefficient (Wildman–Crippen LogP) is 5.56. The Kier molecular flexibility index (Phi) is 5.11. The van der Waals surface area contributed by atoms with Crippen molar-refractivity contribution in [3.63, 3.8) is 0 Å². The van der Waals surface area contributed by atoms with Crippen molar-refractivity contribution in [2.45, 2.75) is 13.1 Å². The Labute approximate surface area is 136 Å². The lowest BCUT2D eigenvalue weighted by molar-refractivity contribution is -0.137. The van der Waals surface area contributed by atoms with Crippen LogP contribution in [0.5, 0.6) is 0 Å². The molecule has 0 aromatic heterocycles. The maximum atomic E-state index is 12.8. The second kappa shape index (κ2) is 6.87. The van der Waals surface area contributed by atoms with Crippen molar-refractivity contribution in [2.24, 2.45) is 0 Å². The van der Waals surface area contributed by atoms with Crippen LogP contribution in [0.2, 0.25) is 5.02 Å². The topological polar surface area (TPSA) is 29.1 Å². The molecule has 0 fully saturated rings. The number of hydrogen-bond donors (Lipinski definition) is 1. The molecule has 120 valence electrons. The molecule has 0 atom stereocenters. The van der Waals surface area contributed by atoms with Gasteiger partial charge in [-0.05, 0) is 25.1 Å². The van der Waals surface area contributed by atoms with E-state index in [9.17, 15) is 18.0 Å². The Hall–Kier alpha value is -2.27. The Morgan fingerprint density at radius 3 is 2.39 bits per heavy atom. The van der Waals surface area contributed by atoms with Crippen LogP contribution in [0.15, 0.2) is 60.3 Å². The van der Waals surface area contributed by atoms with Gasteiger partial charge in [-0.2, -0.15) is 13.2 Å². The summed E-state index contributed by atoms with van der Waals surface area (Å²) >= 11 is 5.57. The predicted molar refractivity (Wildman–Crippen MR) is 84.6 cm³/mol. The lowest BCUT2D eigenvalue weighted by Gasteiger charge is -2.12. The van der Waals surface area contributed by atoms with Crippen LogP contribution in [-0.2, 0) is 6.18 Å². The largest absolute Gasteiger partial charge is 0.417 e. The van der Waals surface area contributed by atoms with Gasteiger partial charge in [0.25, 0.3) is 0 Å². The van der Waals surface area contributed by atoms with Gasteiger partial charge in [-0.3, -0.25) is 4.79 Å². The second-order valence-electron chi connectivity index (χ2n) is 4.88. The first kappa shape index (κ1) is 17.1. The van der Waals surface area contributed by atoms with Crippen LogP contribution in [0.4, 0.5) is 18.9 Å². The van der Waals surface area contributed by atoms with Crippen LogP contribution in [0.3, 0.4) is 0 Å². The van der Waals surface area contributed by atoms with Crippen molar-refractivity contribution in [1.82, 2.24) is 0 Å². The van der Waals surface area contributed by atoms with Crippen LogP contribution in [0.1, 0.15) is 22.8 Å². The number of halogens is 4. The van der Waals surface area contributed by atoms with Gasteiger partial charge in [0.2, 0.25) is 0 Å². The molecule has 0 bridgehead atoms. The molecule has 6 heteroatoms. The summed E-state index contributed by atoms with van der Waals surface area (Å²) in [5, 5.41) is 2.39. The first-order valence-corrected chi connectivity index (χ1v) is 7.06. The van der Waals surface area contributed by atoms with E-state index in [4.69, 9.17) is 11.6 Å². The molecule has 23 heavy (non-hydrogen) atoms. The molecule has 0 radical (unpaired) electrons. The third-order valence-electron chi connectivity index (χ3n) is 3.02. The van der Waals surface area contributed by atoms with Gasteiger partial charge in [0.15, 0.2) is 5.78 Å². The van der Waals surface area contributed by atoms with Gasteiger partial charge in [-0.15, -0.1) is 0 Å². The SMILES string of the molecule is C/C(=C\C(=O)c1ccccc1)Nc1ccc(Cl)c(C(F)(F)F)c1. The summed E-state index contributed by atoms with van der Waals surface area (Å²) in [5.74, 6) is -0.236. The lowest BCUT2D eigenvalue weighted by atomic mass is 10.1. The minimum Gasteiger partial charge on any atom is -0.359 e. The van der Waals surface area contributed by atoms with E-state index >= 15 is 0 Å². The van der Waals surface area contributed by atoms with E-state index in [0.717, 1.165) is 6.07 Å². The summed E-state index contributed by atoms with van der Waals surface area (Å²) in [6.07, 6.45) is -3.20. The third-order valence-corrected chi connectivity index (χ3v) is 3.35. The van der Waals surface area contributed by atoms with E-state index in [1.807, 2.05) is 0 Å². The van der Waals surface area contributed by atoms with Crippen LogP contribution < -0.4 is 5.32 Å². The molecule has 0 unspecified atom stereocenters. The molecular weight excluding hydrogens is 327 g/mol. The van der Waals surface area contributed by atoms with Gasteiger partial charge in [-0.25, -0.2) is 0 Å². The van der Waals surface area contributed by atoms with E-state index in [1.165, 1.54) is 18.2 Å². The summed E-state index contributed by atoms with van der Waals surface area (Å²) in [7, 11) is 0. The number of nitrogens with one attached hydrogen (secondary N) is 1. The van der Waals surface area contributed by atoms with Crippen molar-refractivity contribution in [3.8, 4) is 0 Å². The molecule has 2 aromatic carbocycles. The average Bonchev–Trinajstić information content (AvgIpc) is 2.49. The molecule has 0 aliphatic heterocycles. The van der Waals surface area contributed by atoms with Crippen LogP contribution >= 0.6 is 11.6 Å². The highest BCUT2D eigenvalue weighted by Gasteiger charge is 2.33. The summed E-state index contributed by atoms with van der Waals surface area (Å²) in [5.41, 5.74) is 0.206. The number of allylic oxidation sites excluding steroid dienone is 2. The molecule has 2 rings (SSSR count). The number of anilines is 1. The Morgan fingerprint density at radius 2 is 1.78 bits per heavy atom. The van der Waals surface area contributed by atoms with Crippen molar-refractivity contribution in [3.05, 3.63) is 76.5 Å². The first-order chi connectivity index (χ1) is 10.8. The second-order valence-corrected chi connectivity index (χ2v) is 5.28. The molecule has 0 spiro atoms. The average molecular weight is 340 g/mol. The van der Waals surface area contributed by atoms with Crippen molar-refractivity contribution in [2.75, 3.05) is 5.32 Å². The fraction of sp³-hybridized carbons (Fsp3) is 0.118. The number of carbonyl (C=O) groups excluding carboxylic acids is 1. The van der Waals surface area contributed by atoms with E-state index in [1.54, 1.807) is 37.3 Å². The van der Waals surface area contributed by atoms with Crippen LogP contribution in [0, 0.1) is 0 Å². The van der Waals surface area contributed by atoms with Gasteiger partial charge in [0.1, 0.15) is 0 Å². The summed E-state index contributed by atoms with van der Waals surface area (Å²) in [6.45, 7) is 1.60. The molecular formula is C17H13ClF3NO. The number of rotatable bonds is 4. The maximum absolute atomic E-state index is 12.8. The highest BCUT2D eigenvalue weighted by atomic mass is 35.5. The zero-order valence-electron chi connectivity index (χ0n) is 12.1. The van der Waals surface area contributed by atoms with Crippen molar-refractivity contribution < 1.29 is 18.0 Å². The standard InChI is InChI=1S/C17H13ClF3NO/c1-11(9-16(23)12-5-3-2-4-6-12)22-13-7-8-15(18)14(10-13)17(19,20)21/h2-10,22H,1H3/b11-9+. The molecule has 0 heterocycles. The van der Waals surface area contributed by atoms with Gasteiger partial charge in [0.05, 0.1) is 10.6 Å². The molecule has 0 aliphatic rings. The summed E-state index contributed by atoms with van der Waals surface area (Å²) in [4.78, 5) is 12.0. The fourth-order valence-electron chi connectivity index (χ4n) is 1.97. The lowest BCUT2D eigenvalue weighted by Crippen LogP contribution is -2.07. The normalized spacial score (nSPS) is 12.1. The zero-order chi connectivity index (χ0) is 17.0. The van der Waals surface area contributed by atoms with Crippen LogP contribution in [0.25, 0.3) is 0 Å². The van der Waals surface area contributed by atoms with Crippen molar-refractivity contribution >= 4 is 23.1 Å². The fourth-order valence-corrected chi connectivity index (χ4v) is 2.19. The van der Waals surface area contributed by atoms with E-state index in [-0.39, 0.29) is 16.5 Å². The molecule has 1 N–H and O–H groups in total. The highest BCUT2D eigenvalue weighted by molar-refractivity contribution is 6.31. The van der Waals surface area contributed by atoms with E-state index in [0.29, 0.717) is 11.3 Å².